The van der Waals surface area contributed by atoms with Crippen molar-refractivity contribution >= 4 is 44.4 Å². The molecule has 0 spiro atoms. The van der Waals surface area contributed by atoms with Gasteiger partial charge in [-0.2, -0.15) is 4.98 Å². The minimum absolute atomic E-state index is 0.323. The van der Waals surface area contributed by atoms with Gasteiger partial charge in [0.15, 0.2) is 5.58 Å². The molecule has 3 rings (SSSR count). The maximum absolute atomic E-state index is 13.1. The predicted molar refractivity (Wildman–Crippen MR) is 75.8 cm³/mol. The van der Waals surface area contributed by atoms with Gasteiger partial charge in [-0.15, -0.1) is 0 Å². The normalized spacial score (nSPS) is 10.8. The number of hydrogen-bond acceptors (Lipinski definition) is 4. The van der Waals surface area contributed by atoms with Crippen LogP contribution in [0.3, 0.4) is 0 Å². The number of nitrogens with two attached hydrogens (primary N) is 1. The van der Waals surface area contributed by atoms with Gasteiger partial charge in [-0.3, -0.25) is 0 Å². The zero-order valence-electron chi connectivity index (χ0n) is 9.65. The lowest BCUT2D eigenvalue weighted by Crippen LogP contribution is -1.90. The van der Waals surface area contributed by atoms with Crippen molar-refractivity contribution in [1.82, 2.24) is 4.98 Å². The number of rotatable bonds is 2. The van der Waals surface area contributed by atoms with Crippen LogP contribution in [-0.4, -0.2) is 4.98 Å². The Labute approximate surface area is 116 Å². The summed E-state index contributed by atoms with van der Waals surface area (Å²) in [7, 11) is 0. The van der Waals surface area contributed by atoms with Crippen molar-refractivity contribution in [3.63, 3.8) is 0 Å². The van der Waals surface area contributed by atoms with Crippen molar-refractivity contribution in [3.05, 3.63) is 46.7 Å². The first kappa shape index (κ1) is 12.0. The van der Waals surface area contributed by atoms with E-state index >= 15 is 0 Å². The van der Waals surface area contributed by atoms with Crippen LogP contribution in [0.25, 0.3) is 11.1 Å². The summed E-state index contributed by atoms with van der Waals surface area (Å²) in [5.74, 6) is -0.323. The number of nitrogen functional groups attached to an aromatic ring is 1. The number of nitrogens with one attached hydrogen (secondary N) is 1. The molecule has 96 valence electrons. The zero-order valence-corrected chi connectivity index (χ0v) is 11.2. The average Bonchev–Trinajstić information content (AvgIpc) is 2.75. The second-order valence-electron chi connectivity index (χ2n) is 4.00. The van der Waals surface area contributed by atoms with Crippen LogP contribution in [0.4, 0.5) is 21.8 Å². The van der Waals surface area contributed by atoms with E-state index in [1.807, 2.05) is 0 Å². The van der Waals surface area contributed by atoms with Crippen LogP contribution in [0, 0.1) is 5.82 Å². The highest BCUT2D eigenvalue weighted by molar-refractivity contribution is 9.10. The van der Waals surface area contributed by atoms with E-state index in [1.54, 1.807) is 30.3 Å². The summed E-state index contributed by atoms with van der Waals surface area (Å²) in [6.45, 7) is 0. The molecule has 0 aliphatic heterocycles. The van der Waals surface area contributed by atoms with E-state index < -0.39 is 0 Å². The highest BCUT2D eigenvalue weighted by Gasteiger charge is 2.07. The molecule has 3 aromatic rings. The lowest BCUT2D eigenvalue weighted by atomic mass is 10.3. The molecule has 1 heterocycles. The molecular formula is C13H9BrFN3O. The fourth-order valence-electron chi connectivity index (χ4n) is 1.70. The van der Waals surface area contributed by atoms with E-state index in [2.05, 4.69) is 26.2 Å². The number of fused-ring (bicyclic) bond motifs is 1. The van der Waals surface area contributed by atoms with Crippen LogP contribution in [0.15, 0.2) is 45.3 Å². The van der Waals surface area contributed by atoms with E-state index in [0.29, 0.717) is 33.0 Å². The van der Waals surface area contributed by atoms with E-state index in [9.17, 15) is 4.39 Å². The van der Waals surface area contributed by atoms with Crippen LogP contribution in [0.2, 0.25) is 0 Å². The molecule has 0 unspecified atom stereocenters. The molecule has 0 amide bonds. The Morgan fingerprint density at radius 2 is 2.05 bits per heavy atom. The topological polar surface area (TPSA) is 64.1 Å². The van der Waals surface area contributed by atoms with Gasteiger partial charge in [0.25, 0.3) is 6.01 Å². The summed E-state index contributed by atoms with van der Waals surface area (Å²) in [5, 5.41) is 2.97. The quantitative estimate of drug-likeness (QED) is 0.699. The molecule has 0 bridgehead atoms. The highest BCUT2D eigenvalue weighted by atomic mass is 79.9. The first-order valence-electron chi connectivity index (χ1n) is 5.50. The molecule has 0 aliphatic carbocycles. The minimum Gasteiger partial charge on any atom is -0.423 e. The fourth-order valence-corrected chi connectivity index (χ4v) is 2.07. The van der Waals surface area contributed by atoms with E-state index in [-0.39, 0.29) is 5.82 Å². The van der Waals surface area contributed by atoms with E-state index in [1.165, 1.54) is 6.07 Å². The van der Waals surface area contributed by atoms with Crippen LogP contribution in [-0.2, 0) is 0 Å². The summed E-state index contributed by atoms with van der Waals surface area (Å²) >= 11 is 3.12. The maximum Gasteiger partial charge on any atom is 0.300 e. The molecular weight excluding hydrogens is 313 g/mol. The molecule has 0 atom stereocenters. The second-order valence-corrected chi connectivity index (χ2v) is 4.85. The summed E-state index contributed by atoms with van der Waals surface area (Å²) in [6.07, 6.45) is 0. The zero-order chi connectivity index (χ0) is 13.4. The molecule has 1 aromatic heterocycles. The molecule has 2 aromatic carbocycles. The van der Waals surface area contributed by atoms with Gasteiger partial charge in [-0.25, -0.2) is 4.39 Å². The Bertz CT molecular complexity index is 757. The first-order valence-corrected chi connectivity index (χ1v) is 6.29. The van der Waals surface area contributed by atoms with Crippen LogP contribution >= 0.6 is 15.9 Å². The van der Waals surface area contributed by atoms with Gasteiger partial charge in [0.2, 0.25) is 0 Å². The average molecular weight is 322 g/mol. The standard InChI is InChI=1S/C13H9BrFN3O/c14-9-6-8(2-3-10(9)15)17-13-18-11-5-7(16)1-4-12(11)19-13/h1-6H,16H2,(H,17,18). The molecule has 4 nitrogen and oxygen atoms in total. The molecule has 0 saturated heterocycles. The van der Waals surface area contributed by atoms with E-state index in [4.69, 9.17) is 10.2 Å². The summed E-state index contributed by atoms with van der Waals surface area (Å²) in [4.78, 5) is 4.25. The smallest absolute Gasteiger partial charge is 0.300 e. The van der Waals surface area contributed by atoms with Crippen molar-refractivity contribution in [2.75, 3.05) is 11.1 Å². The van der Waals surface area contributed by atoms with Gasteiger partial charge in [-0.05, 0) is 52.3 Å². The second kappa shape index (κ2) is 4.55. The number of aromatic nitrogens is 1. The first-order chi connectivity index (χ1) is 9.11. The highest BCUT2D eigenvalue weighted by Crippen LogP contribution is 2.26. The molecule has 0 fully saturated rings. The Morgan fingerprint density at radius 3 is 2.84 bits per heavy atom. The lowest BCUT2D eigenvalue weighted by molar-refractivity contribution is 0.618. The van der Waals surface area contributed by atoms with Crippen LogP contribution < -0.4 is 11.1 Å². The number of hydrogen-bond donors (Lipinski definition) is 2. The van der Waals surface area contributed by atoms with Gasteiger partial charge < -0.3 is 15.5 Å². The Balaban J connectivity index is 1.94. The van der Waals surface area contributed by atoms with Gasteiger partial charge in [0.05, 0.1) is 4.47 Å². The largest absolute Gasteiger partial charge is 0.423 e. The fraction of sp³-hybridized carbons (Fsp3) is 0. The molecule has 0 aliphatic rings. The summed E-state index contributed by atoms with van der Waals surface area (Å²) < 4.78 is 19.0. The van der Waals surface area contributed by atoms with Crippen LogP contribution in [0.1, 0.15) is 0 Å². The Morgan fingerprint density at radius 1 is 1.21 bits per heavy atom. The Hall–Kier alpha value is -2.08. The van der Waals surface area contributed by atoms with Crippen molar-refractivity contribution < 1.29 is 8.81 Å². The van der Waals surface area contributed by atoms with Crippen molar-refractivity contribution in [1.29, 1.82) is 0 Å². The van der Waals surface area contributed by atoms with Crippen LogP contribution in [0.5, 0.6) is 0 Å². The molecule has 19 heavy (non-hydrogen) atoms. The van der Waals surface area contributed by atoms with E-state index in [0.717, 1.165) is 0 Å². The third-order valence-corrected chi connectivity index (χ3v) is 3.19. The van der Waals surface area contributed by atoms with Crippen molar-refractivity contribution in [2.45, 2.75) is 0 Å². The van der Waals surface area contributed by atoms with Crippen molar-refractivity contribution in [2.24, 2.45) is 0 Å². The van der Waals surface area contributed by atoms with Gasteiger partial charge in [0.1, 0.15) is 11.3 Å². The minimum atomic E-state index is -0.323. The third-order valence-electron chi connectivity index (χ3n) is 2.58. The third kappa shape index (κ3) is 2.39. The number of halogens is 2. The number of benzene rings is 2. The predicted octanol–water partition coefficient (Wildman–Crippen LogP) is 4.06. The maximum atomic E-state index is 13.1. The lowest BCUT2D eigenvalue weighted by Gasteiger charge is -2.02. The van der Waals surface area contributed by atoms with Gasteiger partial charge in [0, 0.05) is 11.4 Å². The number of nitrogens with zero attached hydrogens (tertiary/aromatic N) is 1. The molecule has 0 radical (unpaired) electrons. The van der Waals surface area contributed by atoms with Gasteiger partial charge >= 0.3 is 0 Å². The monoisotopic (exact) mass is 321 g/mol. The molecule has 6 heteroatoms. The number of anilines is 3. The summed E-state index contributed by atoms with van der Waals surface area (Å²) in [5.41, 5.74) is 8.28. The van der Waals surface area contributed by atoms with Crippen molar-refractivity contribution in [3.8, 4) is 0 Å². The molecule has 3 N–H and O–H groups in total. The SMILES string of the molecule is Nc1ccc2oc(Nc3ccc(F)c(Br)c3)nc2c1. The Kier molecular flexibility index (Phi) is 2.87. The number of oxazole rings is 1. The van der Waals surface area contributed by atoms with Gasteiger partial charge in [-0.1, -0.05) is 0 Å². The molecule has 0 saturated carbocycles. The summed E-state index contributed by atoms with van der Waals surface area (Å²) in [6, 6.07) is 10.1.